The van der Waals surface area contributed by atoms with Crippen LogP contribution in [0.25, 0.3) is 6.08 Å². The van der Waals surface area contributed by atoms with Gasteiger partial charge in [-0.15, -0.1) is 0 Å². The Morgan fingerprint density at radius 1 is 1.21 bits per heavy atom. The summed E-state index contributed by atoms with van der Waals surface area (Å²) in [5.41, 5.74) is 1.10. The van der Waals surface area contributed by atoms with Gasteiger partial charge in [0.1, 0.15) is 5.70 Å². The van der Waals surface area contributed by atoms with Crippen molar-refractivity contribution in [1.82, 2.24) is 5.32 Å². The molecule has 0 aliphatic carbocycles. The first-order valence-corrected chi connectivity index (χ1v) is 7.37. The van der Waals surface area contributed by atoms with Crippen LogP contribution in [0.1, 0.15) is 5.56 Å². The maximum atomic E-state index is 12.5. The predicted octanol–water partition coefficient (Wildman–Crippen LogP) is 3.15. The van der Waals surface area contributed by atoms with Gasteiger partial charge in [-0.2, -0.15) is 0 Å². The highest BCUT2D eigenvalue weighted by atomic mass is 35.5. The standard InChI is InChI=1S/C17H13ClN2O4/c1-24-15-8-10(5-6-14(15)21)7-13-16(22)20(17(23)19-13)12-4-2-3-11(18)9-12/h2-9,21H,1H3,(H,19,23)/b13-7-. The van der Waals surface area contributed by atoms with Gasteiger partial charge in [0.25, 0.3) is 5.91 Å². The molecule has 0 unspecified atom stereocenters. The summed E-state index contributed by atoms with van der Waals surface area (Å²) in [5, 5.41) is 12.6. The molecule has 1 aliphatic rings. The Hall–Kier alpha value is -2.99. The van der Waals surface area contributed by atoms with Gasteiger partial charge in [-0.1, -0.05) is 23.7 Å². The molecule has 6 nitrogen and oxygen atoms in total. The number of amides is 3. The number of hydrogen-bond acceptors (Lipinski definition) is 4. The monoisotopic (exact) mass is 344 g/mol. The highest BCUT2D eigenvalue weighted by Gasteiger charge is 2.34. The lowest BCUT2D eigenvalue weighted by Gasteiger charge is -2.11. The van der Waals surface area contributed by atoms with Crippen LogP contribution in [-0.4, -0.2) is 24.2 Å². The molecule has 2 N–H and O–H groups in total. The Morgan fingerprint density at radius 2 is 2.00 bits per heavy atom. The number of carbonyl (C=O) groups is 2. The molecule has 0 aromatic heterocycles. The number of rotatable bonds is 3. The first-order chi connectivity index (χ1) is 11.5. The average molecular weight is 345 g/mol. The zero-order valence-electron chi connectivity index (χ0n) is 12.6. The summed E-state index contributed by atoms with van der Waals surface area (Å²) >= 11 is 5.91. The molecular weight excluding hydrogens is 332 g/mol. The van der Waals surface area contributed by atoms with Gasteiger partial charge in [-0.05, 0) is 42.0 Å². The normalized spacial score (nSPS) is 15.8. The Kier molecular flexibility index (Phi) is 4.14. The van der Waals surface area contributed by atoms with Gasteiger partial charge in [0.05, 0.1) is 12.8 Å². The van der Waals surface area contributed by atoms with E-state index in [1.54, 1.807) is 30.3 Å². The number of phenolic OH excluding ortho intramolecular Hbond substituents is 1. The predicted molar refractivity (Wildman–Crippen MR) is 90.1 cm³/mol. The van der Waals surface area contributed by atoms with Crippen molar-refractivity contribution in [2.75, 3.05) is 12.0 Å². The molecule has 2 aromatic rings. The van der Waals surface area contributed by atoms with Crippen LogP contribution >= 0.6 is 11.6 Å². The molecular formula is C17H13ClN2O4. The minimum atomic E-state index is -0.556. The van der Waals surface area contributed by atoms with Gasteiger partial charge in [-0.3, -0.25) is 4.79 Å². The van der Waals surface area contributed by atoms with Crippen LogP contribution < -0.4 is 15.0 Å². The first-order valence-electron chi connectivity index (χ1n) is 6.99. The molecule has 0 radical (unpaired) electrons. The number of imide groups is 1. The molecule has 1 fully saturated rings. The third kappa shape index (κ3) is 2.91. The Morgan fingerprint density at radius 3 is 2.71 bits per heavy atom. The molecule has 0 atom stereocenters. The molecule has 122 valence electrons. The Balaban J connectivity index is 1.94. The minimum Gasteiger partial charge on any atom is -0.504 e. The van der Waals surface area contributed by atoms with Crippen molar-refractivity contribution in [3.05, 3.63) is 58.7 Å². The van der Waals surface area contributed by atoms with E-state index in [9.17, 15) is 14.7 Å². The maximum absolute atomic E-state index is 12.5. The summed E-state index contributed by atoms with van der Waals surface area (Å²) < 4.78 is 5.03. The van der Waals surface area contributed by atoms with E-state index in [-0.39, 0.29) is 17.2 Å². The van der Waals surface area contributed by atoms with E-state index in [2.05, 4.69) is 5.32 Å². The largest absolute Gasteiger partial charge is 0.504 e. The summed E-state index contributed by atoms with van der Waals surface area (Å²) in [7, 11) is 1.43. The van der Waals surface area contributed by atoms with E-state index in [0.29, 0.717) is 16.3 Å². The van der Waals surface area contributed by atoms with Gasteiger partial charge < -0.3 is 15.2 Å². The molecule has 0 spiro atoms. The highest BCUT2D eigenvalue weighted by molar-refractivity contribution is 6.32. The molecule has 1 saturated heterocycles. The van der Waals surface area contributed by atoms with E-state index in [1.165, 1.54) is 25.3 Å². The summed E-state index contributed by atoms with van der Waals surface area (Å²) in [4.78, 5) is 25.6. The quantitative estimate of drug-likeness (QED) is 0.662. The van der Waals surface area contributed by atoms with Crippen LogP contribution in [0.4, 0.5) is 10.5 Å². The van der Waals surface area contributed by atoms with E-state index < -0.39 is 11.9 Å². The lowest BCUT2D eigenvalue weighted by atomic mass is 10.1. The van der Waals surface area contributed by atoms with E-state index >= 15 is 0 Å². The summed E-state index contributed by atoms with van der Waals surface area (Å²) in [6, 6.07) is 10.5. The van der Waals surface area contributed by atoms with Gasteiger partial charge in [0.2, 0.25) is 0 Å². The number of urea groups is 1. The van der Waals surface area contributed by atoms with Crippen LogP contribution in [0.2, 0.25) is 5.02 Å². The lowest BCUT2D eigenvalue weighted by molar-refractivity contribution is -0.113. The lowest BCUT2D eigenvalue weighted by Crippen LogP contribution is -2.30. The van der Waals surface area contributed by atoms with Crippen LogP contribution in [0.5, 0.6) is 11.5 Å². The van der Waals surface area contributed by atoms with E-state index in [1.807, 2.05) is 0 Å². The number of benzene rings is 2. The number of nitrogens with one attached hydrogen (secondary N) is 1. The second kappa shape index (κ2) is 6.25. The van der Waals surface area contributed by atoms with E-state index in [4.69, 9.17) is 16.3 Å². The van der Waals surface area contributed by atoms with Crippen molar-refractivity contribution in [3.63, 3.8) is 0 Å². The van der Waals surface area contributed by atoms with Gasteiger partial charge in [0.15, 0.2) is 11.5 Å². The molecule has 3 rings (SSSR count). The zero-order chi connectivity index (χ0) is 17.3. The van der Waals surface area contributed by atoms with Crippen molar-refractivity contribution in [3.8, 4) is 11.5 Å². The van der Waals surface area contributed by atoms with Crippen LogP contribution in [-0.2, 0) is 4.79 Å². The molecule has 7 heteroatoms. The number of nitrogens with zero attached hydrogens (tertiary/aromatic N) is 1. The highest BCUT2D eigenvalue weighted by Crippen LogP contribution is 2.29. The Bertz CT molecular complexity index is 863. The number of carbonyl (C=O) groups excluding carboxylic acids is 2. The van der Waals surface area contributed by atoms with Crippen molar-refractivity contribution in [1.29, 1.82) is 0 Å². The number of hydrogen-bond donors (Lipinski definition) is 2. The van der Waals surface area contributed by atoms with E-state index in [0.717, 1.165) is 4.90 Å². The van der Waals surface area contributed by atoms with Gasteiger partial charge >= 0.3 is 6.03 Å². The van der Waals surface area contributed by atoms with Crippen molar-refractivity contribution >= 4 is 35.3 Å². The van der Waals surface area contributed by atoms with Crippen molar-refractivity contribution in [2.45, 2.75) is 0 Å². The fourth-order valence-corrected chi connectivity index (χ4v) is 2.52. The van der Waals surface area contributed by atoms with Crippen LogP contribution in [0.15, 0.2) is 48.2 Å². The SMILES string of the molecule is COc1cc(/C=C2\NC(=O)N(c3cccc(Cl)c3)C2=O)ccc1O. The first kappa shape index (κ1) is 15.9. The zero-order valence-corrected chi connectivity index (χ0v) is 13.4. The molecule has 2 aromatic carbocycles. The number of methoxy groups -OCH3 is 1. The molecule has 0 bridgehead atoms. The van der Waals surface area contributed by atoms with Crippen molar-refractivity contribution in [2.24, 2.45) is 0 Å². The number of anilines is 1. The maximum Gasteiger partial charge on any atom is 0.333 e. The molecule has 24 heavy (non-hydrogen) atoms. The second-order valence-corrected chi connectivity index (χ2v) is 5.48. The molecule has 1 aliphatic heterocycles. The molecule has 0 saturated carbocycles. The fourth-order valence-electron chi connectivity index (χ4n) is 2.34. The minimum absolute atomic E-state index is 0.0120. The van der Waals surface area contributed by atoms with Gasteiger partial charge in [-0.25, -0.2) is 9.69 Å². The third-order valence-electron chi connectivity index (χ3n) is 3.46. The van der Waals surface area contributed by atoms with Crippen LogP contribution in [0.3, 0.4) is 0 Å². The summed E-state index contributed by atoms with van der Waals surface area (Å²) in [5.74, 6) is -0.232. The second-order valence-electron chi connectivity index (χ2n) is 5.04. The number of aromatic hydroxyl groups is 1. The fraction of sp³-hybridized carbons (Fsp3) is 0.0588. The Labute approximate surface area is 142 Å². The van der Waals surface area contributed by atoms with Crippen LogP contribution in [0, 0.1) is 0 Å². The molecule has 3 amide bonds. The number of halogens is 1. The smallest absolute Gasteiger partial charge is 0.333 e. The number of ether oxygens (including phenoxy) is 1. The summed E-state index contributed by atoms with van der Waals surface area (Å²) in [6.07, 6.45) is 1.51. The summed E-state index contributed by atoms with van der Waals surface area (Å²) in [6.45, 7) is 0. The average Bonchev–Trinajstić information content (AvgIpc) is 2.83. The third-order valence-corrected chi connectivity index (χ3v) is 3.69. The number of phenols is 1. The molecule has 1 heterocycles. The topological polar surface area (TPSA) is 78.9 Å². The van der Waals surface area contributed by atoms with Gasteiger partial charge in [0, 0.05) is 5.02 Å². The van der Waals surface area contributed by atoms with Crippen molar-refractivity contribution < 1.29 is 19.4 Å².